The molecule has 38 heavy (non-hydrogen) atoms. The van der Waals surface area contributed by atoms with Crippen LogP contribution in [0.3, 0.4) is 0 Å². The fraction of sp³-hybridized carbons (Fsp3) is 0.964. The first-order valence-electron chi connectivity index (χ1n) is 14.1. The number of rotatable bonds is 12. The van der Waals surface area contributed by atoms with Crippen molar-refractivity contribution in [2.45, 2.75) is 127 Å². The van der Waals surface area contributed by atoms with Crippen molar-refractivity contribution < 1.29 is 42.7 Å². The Balaban J connectivity index is 1.78. The Labute approximate surface area is 230 Å². The number of hydrogen-bond donors (Lipinski definition) is 1. The van der Waals surface area contributed by atoms with Crippen molar-refractivity contribution in [3.8, 4) is 0 Å². The molecule has 222 valence electrons. The van der Waals surface area contributed by atoms with Gasteiger partial charge in [0.05, 0.1) is 37.4 Å². The molecule has 1 aliphatic carbocycles. The summed E-state index contributed by atoms with van der Waals surface area (Å²) >= 11 is 0. The van der Waals surface area contributed by atoms with Crippen LogP contribution in [0.1, 0.15) is 60.3 Å². The van der Waals surface area contributed by atoms with Gasteiger partial charge in [-0.2, -0.15) is 0 Å². The monoisotopic (exact) mass is 560 g/mol. The minimum absolute atomic E-state index is 0.0726. The number of methoxy groups -OCH3 is 3. The van der Waals surface area contributed by atoms with E-state index in [1.807, 2.05) is 6.92 Å². The Morgan fingerprint density at radius 3 is 2.16 bits per heavy atom. The van der Waals surface area contributed by atoms with Gasteiger partial charge in [-0.15, -0.1) is 0 Å². The third-order valence-corrected chi connectivity index (χ3v) is 13.9. The molecule has 0 aromatic carbocycles. The molecule has 2 aliphatic heterocycles. The van der Waals surface area contributed by atoms with Gasteiger partial charge in [0.25, 0.3) is 0 Å². The molecule has 0 spiro atoms. The van der Waals surface area contributed by atoms with E-state index in [1.165, 1.54) is 0 Å². The number of ether oxygens (including phenoxy) is 6. The van der Waals surface area contributed by atoms with Gasteiger partial charge in [-0.25, -0.2) is 0 Å². The van der Waals surface area contributed by atoms with Crippen molar-refractivity contribution in [1.82, 2.24) is 0 Å². The summed E-state index contributed by atoms with van der Waals surface area (Å²) in [5.74, 6) is 0.130. The molecule has 9 nitrogen and oxygen atoms in total. The van der Waals surface area contributed by atoms with E-state index in [0.717, 1.165) is 12.8 Å². The lowest BCUT2D eigenvalue weighted by Gasteiger charge is -2.46. The molecule has 0 aromatic heterocycles. The number of carbonyl (C=O) groups is 1. The molecular weight excluding hydrogens is 508 g/mol. The summed E-state index contributed by atoms with van der Waals surface area (Å²) in [4.78, 5) is 11.7. The third-order valence-electron chi connectivity index (χ3n) is 9.35. The summed E-state index contributed by atoms with van der Waals surface area (Å²) in [6.45, 7) is 16.0. The highest BCUT2D eigenvalue weighted by atomic mass is 28.4. The van der Waals surface area contributed by atoms with E-state index >= 15 is 0 Å². The maximum absolute atomic E-state index is 11.7. The SMILES string of the molecule is CO[C@@H]1[C@@H](OC)[C@H](O[C@H]2C[C@@H](C[C@H](O[Si](C)(C)C(C)(C)C)[C@@H]3C[C@H]3C)O[C@@H](CC(=O)O)[C@@H]2C)OC[C@H]1OC. The second-order valence-electron chi connectivity index (χ2n) is 13.1. The quantitative estimate of drug-likeness (QED) is 0.346. The van der Waals surface area contributed by atoms with Crippen LogP contribution in [0.4, 0.5) is 0 Å². The lowest BCUT2D eigenvalue weighted by atomic mass is 9.86. The first-order chi connectivity index (χ1) is 17.7. The van der Waals surface area contributed by atoms with Crippen molar-refractivity contribution in [1.29, 1.82) is 0 Å². The molecule has 3 fully saturated rings. The van der Waals surface area contributed by atoms with Gasteiger partial charge in [-0.05, 0) is 42.8 Å². The Morgan fingerprint density at radius 2 is 1.66 bits per heavy atom. The van der Waals surface area contributed by atoms with Gasteiger partial charge in [0, 0.05) is 33.7 Å². The first-order valence-corrected chi connectivity index (χ1v) is 17.0. The normalized spacial score (nSPS) is 39.1. The van der Waals surface area contributed by atoms with Crippen molar-refractivity contribution in [2.75, 3.05) is 27.9 Å². The Morgan fingerprint density at radius 1 is 1.03 bits per heavy atom. The minimum Gasteiger partial charge on any atom is -0.481 e. The van der Waals surface area contributed by atoms with Crippen LogP contribution >= 0.6 is 0 Å². The van der Waals surface area contributed by atoms with E-state index in [-0.39, 0.29) is 47.9 Å². The Kier molecular flexibility index (Phi) is 10.9. The smallest absolute Gasteiger partial charge is 0.305 e. The topological polar surface area (TPSA) is 102 Å². The molecule has 0 bridgehead atoms. The average molecular weight is 561 g/mol. The zero-order valence-corrected chi connectivity index (χ0v) is 26.1. The van der Waals surface area contributed by atoms with Crippen molar-refractivity contribution in [2.24, 2.45) is 17.8 Å². The molecule has 11 atom stereocenters. The minimum atomic E-state index is -1.99. The fourth-order valence-corrected chi connectivity index (χ4v) is 7.02. The lowest BCUT2D eigenvalue weighted by Crippen LogP contribution is -2.58. The van der Waals surface area contributed by atoms with Crippen LogP contribution in [0.5, 0.6) is 0 Å². The van der Waals surface area contributed by atoms with Crippen LogP contribution in [0.15, 0.2) is 0 Å². The lowest BCUT2D eigenvalue weighted by molar-refractivity contribution is -0.308. The van der Waals surface area contributed by atoms with Crippen molar-refractivity contribution >= 4 is 14.3 Å². The first kappa shape index (κ1) is 31.9. The number of hydrogen-bond acceptors (Lipinski definition) is 8. The van der Waals surface area contributed by atoms with Crippen LogP contribution in [0, 0.1) is 17.8 Å². The summed E-state index contributed by atoms with van der Waals surface area (Å²) < 4.78 is 43.0. The fourth-order valence-electron chi connectivity index (χ4n) is 5.64. The van der Waals surface area contributed by atoms with E-state index in [1.54, 1.807) is 21.3 Å². The number of carboxylic acids is 1. The molecule has 0 unspecified atom stereocenters. The molecule has 0 amide bonds. The van der Waals surface area contributed by atoms with Gasteiger partial charge in [0.15, 0.2) is 14.6 Å². The molecule has 0 aromatic rings. The van der Waals surface area contributed by atoms with E-state index in [0.29, 0.717) is 24.9 Å². The van der Waals surface area contributed by atoms with Crippen LogP contribution in [0.2, 0.25) is 18.1 Å². The summed E-state index contributed by atoms with van der Waals surface area (Å²) in [6, 6.07) is 0. The molecule has 2 heterocycles. The van der Waals surface area contributed by atoms with Crippen LogP contribution in [-0.4, -0.2) is 96.3 Å². The second-order valence-corrected chi connectivity index (χ2v) is 17.8. The Hall–Kier alpha value is -0.593. The van der Waals surface area contributed by atoms with Crippen LogP contribution in [0.25, 0.3) is 0 Å². The second kappa shape index (κ2) is 12.9. The van der Waals surface area contributed by atoms with Gasteiger partial charge in [-0.3, -0.25) is 4.79 Å². The average Bonchev–Trinajstić information content (AvgIpc) is 3.56. The maximum atomic E-state index is 11.7. The predicted octanol–water partition coefficient (Wildman–Crippen LogP) is 4.48. The summed E-state index contributed by atoms with van der Waals surface area (Å²) in [5.41, 5.74) is 0. The van der Waals surface area contributed by atoms with Crippen LogP contribution < -0.4 is 0 Å². The third kappa shape index (κ3) is 7.57. The zero-order chi connectivity index (χ0) is 28.4. The van der Waals surface area contributed by atoms with Gasteiger partial charge in [-0.1, -0.05) is 34.6 Å². The maximum Gasteiger partial charge on any atom is 0.305 e. The van der Waals surface area contributed by atoms with Gasteiger partial charge in [0.2, 0.25) is 0 Å². The van der Waals surface area contributed by atoms with Gasteiger partial charge in [0.1, 0.15) is 18.3 Å². The predicted molar refractivity (Wildman–Crippen MR) is 146 cm³/mol. The van der Waals surface area contributed by atoms with Gasteiger partial charge < -0.3 is 38.0 Å². The van der Waals surface area contributed by atoms with E-state index in [4.69, 9.17) is 32.8 Å². The molecule has 3 rings (SSSR count). The molecule has 0 radical (unpaired) electrons. The standard InChI is InChI=1S/C28H52O9Si/c1-16-11-19(16)22(37-38(9,10)28(3,4)5)13-18-12-20(17(2)21(35-18)14-24(29)30)36-27-26(33-8)25(32-7)23(31-6)15-34-27/h16-23,25-27H,11-15H2,1-10H3,(H,29,30)/t16-,17-,18+,19-,20+,21+,22+,23-,25+,26-,27+/m1/s1. The highest BCUT2D eigenvalue weighted by molar-refractivity contribution is 6.74. The summed E-state index contributed by atoms with van der Waals surface area (Å²) in [7, 11) is 2.87. The Bertz CT molecular complexity index is 772. The molecule has 3 aliphatic rings. The van der Waals surface area contributed by atoms with Crippen molar-refractivity contribution in [3.05, 3.63) is 0 Å². The van der Waals surface area contributed by atoms with E-state index in [9.17, 15) is 9.90 Å². The van der Waals surface area contributed by atoms with Crippen LogP contribution in [-0.2, 0) is 37.6 Å². The summed E-state index contributed by atoms with van der Waals surface area (Å²) in [6.07, 6.45) is -0.0936. The summed E-state index contributed by atoms with van der Waals surface area (Å²) in [5, 5.41) is 9.73. The van der Waals surface area contributed by atoms with Gasteiger partial charge >= 0.3 is 5.97 Å². The highest BCUT2D eigenvalue weighted by Crippen LogP contribution is 2.48. The van der Waals surface area contributed by atoms with E-state index in [2.05, 4.69) is 40.8 Å². The molecule has 10 heteroatoms. The zero-order valence-electron chi connectivity index (χ0n) is 25.1. The molecular formula is C28H52O9Si. The molecule has 1 N–H and O–H groups in total. The van der Waals surface area contributed by atoms with E-state index < -0.39 is 32.8 Å². The largest absolute Gasteiger partial charge is 0.481 e. The molecule has 2 saturated heterocycles. The number of aliphatic carboxylic acids is 1. The highest BCUT2D eigenvalue weighted by Gasteiger charge is 2.49. The molecule has 1 saturated carbocycles. The number of carboxylic acid groups (broad SMARTS) is 1. The van der Waals surface area contributed by atoms with Crippen molar-refractivity contribution in [3.63, 3.8) is 0 Å².